The molecular weight excluding hydrogens is 324 g/mol. The number of nitrogens with one attached hydrogen (secondary N) is 1. The van der Waals surface area contributed by atoms with E-state index in [1.807, 2.05) is 67.0 Å². The maximum Gasteiger partial charge on any atom is 0.153 e. The Morgan fingerprint density at radius 1 is 0.846 bits per heavy atom. The van der Waals surface area contributed by atoms with E-state index in [4.69, 9.17) is 4.74 Å². The van der Waals surface area contributed by atoms with Crippen LogP contribution < -0.4 is 15.0 Å². The number of aliphatic imine (C=N–C) groups is 2. The first-order valence-corrected chi connectivity index (χ1v) is 8.45. The first-order valence-electron chi connectivity index (χ1n) is 8.45. The Bertz CT molecular complexity index is 1010. The molecule has 2 heterocycles. The van der Waals surface area contributed by atoms with Crippen LogP contribution in [0.25, 0.3) is 0 Å². The first kappa shape index (κ1) is 14.7. The maximum atomic E-state index is 6.08. The van der Waals surface area contributed by atoms with Crippen molar-refractivity contribution in [2.45, 2.75) is 6.17 Å². The Morgan fingerprint density at radius 2 is 1.65 bits per heavy atom. The van der Waals surface area contributed by atoms with Gasteiger partial charge < -0.3 is 15.0 Å². The van der Waals surface area contributed by atoms with Crippen molar-refractivity contribution in [1.82, 2.24) is 0 Å². The average molecular weight is 340 g/mol. The van der Waals surface area contributed by atoms with Crippen LogP contribution in [0, 0.1) is 0 Å². The molecule has 26 heavy (non-hydrogen) atoms. The van der Waals surface area contributed by atoms with E-state index < -0.39 is 0 Å². The van der Waals surface area contributed by atoms with Crippen molar-refractivity contribution in [2.24, 2.45) is 9.98 Å². The van der Waals surface area contributed by atoms with Gasteiger partial charge in [-0.15, -0.1) is 0 Å². The van der Waals surface area contributed by atoms with Crippen LogP contribution >= 0.6 is 0 Å². The highest BCUT2D eigenvalue weighted by atomic mass is 16.5. The van der Waals surface area contributed by atoms with Crippen LogP contribution in [-0.2, 0) is 0 Å². The molecule has 5 nitrogen and oxygen atoms in total. The first-order chi connectivity index (χ1) is 12.9. The van der Waals surface area contributed by atoms with E-state index in [1.54, 1.807) is 6.34 Å². The van der Waals surface area contributed by atoms with E-state index in [0.29, 0.717) is 0 Å². The van der Waals surface area contributed by atoms with Gasteiger partial charge in [0.25, 0.3) is 0 Å². The Hall–Kier alpha value is -3.60. The molecular formula is C21H16N4O. The summed E-state index contributed by atoms with van der Waals surface area (Å²) in [5.74, 6) is 1.61. The average Bonchev–Trinajstić information content (AvgIpc) is 2.72. The fourth-order valence-corrected chi connectivity index (χ4v) is 3.26. The molecule has 126 valence electrons. The lowest BCUT2D eigenvalue weighted by molar-refractivity contribution is 0.481. The van der Waals surface area contributed by atoms with Crippen molar-refractivity contribution in [3.05, 3.63) is 78.4 Å². The predicted octanol–water partition coefficient (Wildman–Crippen LogP) is 5.11. The minimum atomic E-state index is -0.167. The van der Waals surface area contributed by atoms with Gasteiger partial charge in [-0.25, -0.2) is 9.98 Å². The molecule has 1 unspecified atom stereocenters. The number of hydrogen-bond acceptors (Lipinski definition) is 5. The van der Waals surface area contributed by atoms with E-state index in [-0.39, 0.29) is 6.17 Å². The molecule has 0 saturated carbocycles. The predicted molar refractivity (Wildman–Crippen MR) is 105 cm³/mol. The van der Waals surface area contributed by atoms with Crippen molar-refractivity contribution >= 4 is 29.7 Å². The molecule has 2 aliphatic rings. The molecule has 1 atom stereocenters. The summed E-state index contributed by atoms with van der Waals surface area (Å²) < 4.78 is 6.08. The van der Waals surface area contributed by atoms with Crippen LogP contribution in [0.1, 0.15) is 11.7 Å². The fourth-order valence-electron chi connectivity index (χ4n) is 3.26. The molecule has 3 aromatic rings. The Labute approximate surface area is 151 Å². The third-order valence-corrected chi connectivity index (χ3v) is 4.48. The lowest BCUT2D eigenvalue weighted by atomic mass is 10.1. The Morgan fingerprint density at radius 3 is 2.58 bits per heavy atom. The van der Waals surface area contributed by atoms with Crippen molar-refractivity contribution < 1.29 is 4.74 Å². The largest absolute Gasteiger partial charge is 0.453 e. The summed E-state index contributed by atoms with van der Waals surface area (Å²) >= 11 is 0. The van der Waals surface area contributed by atoms with Crippen molar-refractivity contribution in [1.29, 1.82) is 0 Å². The quantitative estimate of drug-likeness (QED) is 0.551. The molecule has 5 heteroatoms. The number of rotatable bonds is 2. The second-order valence-electron chi connectivity index (χ2n) is 6.09. The van der Waals surface area contributed by atoms with Crippen LogP contribution in [-0.4, -0.2) is 12.7 Å². The van der Waals surface area contributed by atoms with Gasteiger partial charge in [-0.3, -0.25) is 0 Å². The summed E-state index contributed by atoms with van der Waals surface area (Å²) in [6.07, 6.45) is 3.24. The number of para-hydroxylation sites is 3. The molecule has 0 bridgehead atoms. The molecule has 0 fully saturated rings. The number of hydrogen-bond donors (Lipinski definition) is 1. The van der Waals surface area contributed by atoms with E-state index in [0.717, 1.165) is 34.1 Å². The zero-order valence-corrected chi connectivity index (χ0v) is 13.9. The summed E-state index contributed by atoms with van der Waals surface area (Å²) in [6, 6.07) is 24.1. The minimum Gasteiger partial charge on any atom is -0.453 e. The standard InChI is InChI=1S/C21H16N4O/c1-2-7-15(8-3-1)21-23-13-22-14-25(21)17-10-6-12-19-20(17)24-16-9-4-5-11-18(16)26-19/h1-14,21,24H. The summed E-state index contributed by atoms with van der Waals surface area (Å²) in [5, 5.41) is 3.50. The van der Waals surface area contributed by atoms with Crippen LogP contribution in [0.2, 0.25) is 0 Å². The van der Waals surface area contributed by atoms with Crippen LogP contribution in [0.3, 0.4) is 0 Å². The van der Waals surface area contributed by atoms with E-state index in [9.17, 15) is 0 Å². The third kappa shape index (κ3) is 2.41. The van der Waals surface area contributed by atoms with Gasteiger partial charge in [-0.1, -0.05) is 48.5 Å². The van der Waals surface area contributed by atoms with Gasteiger partial charge in [0.15, 0.2) is 17.7 Å². The van der Waals surface area contributed by atoms with E-state index in [1.165, 1.54) is 0 Å². The molecule has 0 aliphatic carbocycles. The van der Waals surface area contributed by atoms with Crippen molar-refractivity contribution in [2.75, 3.05) is 10.2 Å². The Balaban J connectivity index is 1.59. The molecule has 1 N–H and O–H groups in total. The smallest absolute Gasteiger partial charge is 0.153 e. The summed E-state index contributed by atoms with van der Waals surface area (Å²) in [6.45, 7) is 0. The SMILES string of the molecule is C1=NC=NC(c2ccccc2)N1c1cccc2c1Nc1ccccc1O2. The number of fused-ring (bicyclic) bond motifs is 2. The monoisotopic (exact) mass is 340 g/mol. The highest BCUT2D eigenvalue weighted by Gasteiger charge is 2.26. The fraction of sp³-hybridized carbons (Fsp3) is 0.0476. The zero-order chi connectivity index (χ0) is 17.3. The van der Waals surface area contributed by atoms with Gasteiger partial charge in [0.05, 0.1) is 17.7 Å². The third-order valence-electron chi connectivity index (χ3n) is 4.48. The van der Waals surface area contributed by atoms with Gasteiger partial charge in [-0.2, -0.15) is 0 Å². The van der Waals surface area contributed by atoms with Crippen LogP contribution in [0.4, 0.5) is 17.1 Å². The number of nitrogens with zero attached hydrogens (tertiary/aromatic N) is 3. The summed E-state index contributed by atoms with van der Waals surface area (Å²) in [7, 11) is 0. The number of anilines is 3. The molecule has 3 aromatic carbocycles. The van der Waals surface area contributed by atoms with Gasteiger partial charge in [0.1, 0.15) is 12.0 Å². The van der Waals surface area contributed by atoms with Gasteiger partial charge in [0, 0.05) is 0 Å². The van der Waals surface area contributed by atoms with Crippen molar-refractivity contribution in [3.8, 4) is 11.5 Å². The second-order valence-corrected chi connectivity index (χ2v) is 6.09. The minimum absolute atomic E-state index is 0.167. The van der Waals surface area contributed by atoms with Crippen LogP contribution in [0.15, 0.2) is 82.8 Å². The van der Waals surface area contributed by atoms with Crippen LogP contribution in [0.5, 0.6) is 11.5 Å². The van der Waals surface area contributed by atoms with E-state index >= 15 is 0 Å². The van der Waals surface area contributed by atoms with Gasteiger partial charge in [-0.05, 0) is 29.8 Å². The normalized spacial score (nSPS) is 17.1. The molecule has 0 saturated heterocycles. The molecule has 0 spiro atoms. The van der Waals surface area contributed by atoms with Gasteiger partial charge >= 0.3 is 0 Å². The lowest BCUT2D eigenvalue weighted by Crippen LogP contribution is -2.29. The number of ether oxygens (including phenoxy) is 1. The summed E-state index contributed by atoms with van der Waals surface area (Å²) in [4.78, 5) is 10.9. The molecule has 2 aliphatic heterocycles. The summed E-state index contributed by atoms with van der Waals surface area (Å²) in [5.41, 5.74) is 3.92. The lowest BCUT2D eigenvalue weighted by Gasteiger charge is -2.32. The number of benzene rings is 3. The van der Waals surface area contributed by atoms with Crippen molar-refractivity contribution in [3.63, 3.8) is 0 Å². The Kier molecular flexibility index (Phi) is 3.42. The van der Waals surface area contributed by atoms with E-state index in [2.05, 4.69) is 32.3 Å². The second kappa shape index (κ2) is 6.04. The van der Waals surface area contributed by atoms with Gasteiger partial charge in [0.2, 0.25) is 0 Å². The molecule has 5 rings (SSSR count). The molecule has 0 radical (unpaired) electrons. The molecule has 0 amide bonds. The molecule has 0 aromatic heterocycles. The topological polar surface area (TPSA) is 49.2 Å². The highest BCUT2D eigenvalue weighted by Crippen LogP contribution is 2.47. The highest BCUT2D eigenvalue weighted by molar-refractivity contribution is 5.95. The maximum absolute atomic E-state index is 6.08. The zero-order valence-electron chi connectivity index (χ0n) is 13.9.